The van der Waals surface area contributed by atoms with Gasteiger partial charge < -0.3 is 14.6 Å². The van der Waals surface area contributed by atoms with Gasteiger partial charge in [0.05, 0.1) is 23.6 Å². The summed E-state index contributed by atoms with van der Waals surface area (Å²) in [5, 5.41) is 14.5. The van der Waals surface area contributed by atoms with E-state index in [1.807, 2.05) is 62.6 Å². The Bertz CT molecular complexity index is 1960. The number of carboxylic acids is 1. The van der Waals surface area contributed by atoms with Crippen LogP contribution in [0.2, 0.25) is 0 Å². The number of piperazine rings is 1. The smallest absolute Gasteiger partial charge is 0.341 e. The van der Waals surface area contributed by atoms with E-state index in [4.69, 9.17) is 17.3 Å². The van der Waals surface area contributed by atoms with Crippen LogP contribution >= 0.6 is 12.2 Å². The summed E-state index contributed by atoms with van der Waals surface area (Å²) < 4.78 is 21.5. The number of nitrogens with zero attached hydrogens (tertiary/aromatic N) is 7. The average Bonchev–Trinajstić information content (AvgIpc) is 3.82. The molecule has 0 amide bonds. The maximum absolute atomic E-state index is 15.4. The maximum Gasteiger partial charge on any atom is 0.341 e. The Labute approximate surface area is 250 Å². The molecule has 218 valence electrons. The summed E-state index contributed by atoms with van der Waals surface area (Å²) in [4.78, 5) is 33.2. The number of aromatic nitrogens is 5. The SMILES string of the molecule is O=C(O)c1cn(C2CC2)c2cc(N3CCN(Cn4nc(-c5ccccn5)n(-c5ccccc5)c4=S)CC3)c(F)cc2c1=O. The molecule has 2 fully saturated rings. The fourth-order valence-corrected chi connectivity index (χ4v) is 5.99. The minimum Gasteiger partial charge on any atom is -0.477 e. The molecule has 5 aromatic rings. The molecule has 2 aromatic carbocycles. The van der Waals surface area contributed by atoms with Gasteiger partial charge in [0.25, 0.3) is 0 Å². The molecule has 1 N–H and O–H groups in total. The van der Waals surface area contributed by atoms with Crippen molar-refractivity contribution in [3.8, 4) is 17.2 Å². The first-order valence-corrected chi connectivity index (χ1v) is 14.6. The Balaban J connectivity index is 1.15. The molecule has 1 saturated heterocycles. The Morgan fingerprint density at radius 2 is 1.77 bits per heavy atom. The second-order valence-electron chi connectivity index (χ2n) is 10.9. The van der Waals surface area contributed by atoms with Crippen molar-refractivity contribution in [2.24, 2.45) is 0 Å². The van der Waals surface area contributed by atoms with Gasteiger partial charge in [0.2, 0.25) is 10.2 Å². The number of hydrogen-bond donors (Lipinski definition) is 1. The van der Waals surface area contributed by atoms with E-state index in [2.05, 4.69) is 9.88 Å². The second kappa shape index (κ2) is 10.9. The summed E-state index contributed by atoms with van der Waals surface area (Å²) in [6, 6.07) is 18.5. The molecule has 0 bridgehead atoms. The molecule has 1 aliphatic heterocycles. The normalized spacial score (nSPS) is 15.7. The first-order valence-electron chi connectivity index (χ1n) is 14.1. The molecule has 1 saturated carbocycles. The van der Waals surface area contributed by atoms with Crippen molar-refractivity contribution in [1.82, 2.24) is 28.8 Å². The number of para-hydroxylation sites is 1. The molecule has 2 aliphatic rings. The number of pyridine rings is 2. The van der Waals surface area contributed by atoms with E-state index < -0.39 is 17.2 Å². The van der Waals surface area contributed by atoms with E-state index in [1.165, 1.54) is 12.3 Å². The third-order valence-electron chi connectivity index (χ3n) is 8.07. The molecule has 0 spiro atoms. The van der Waals surface area contributed by atoms with E-state index >= 15 is 4.39 Å². The molecule has 10 nitrogen and oxygen atoms in total. The average molecular weight is 598 g/mol. The first kappa shape index (κ1) is 27.2. The van der Waals surface area contributed by atoms with Crippen LogP contribution in [-0.4, -0.2) is 66.1 Å². The lowest BCUT2D eigenvalue weighted by molar-refractivity contribution is 0.0695. The van der Waals surface area contributed by atoms with Crippen molar-refractivity contribution in [1.29, 1.82) is 0 Å². The molecule has 0 radical (unpaired) electrons. The number of rotatable bonds is 7. The molecule has 0 atom stereocenters. The molecule has 1 aliphatic carbocycles. The summed E-state index contributed by atoms with van der Waals surface area (Å²) in [6.45, 7) is 2.87. The number of anilines is 1. The fourth-order valence-electron chi connectivity index (χ4n) is 5.70. The summed E-state index contributed by atoms with van der Waals surface area (Å²) in [7, 11) is 0. The fraction of sp³-hybridized carbons (Fsp3) is 0.258. The highest BCUT2D eigenvalue weighted by atomic mass is 32.1. The topological polar surface area (TPSA) is 101 Å². The molecule has 12 heteroatoms. The zero-order chi connectivity index (χ0) is 29.7. The summed E-state index contributed by atoms with van der Waals surface area (Å²) in [5.41, 5.74) is 1.60. The maximum atomic E-state index is 15.4. The van der Waals surface area contributed by atoms with Gasteiger partial charge in [-0.15, -0.1) is 5.10 Å². The highest BCUT2D eigenvalue weighted by Gasteiger charge is 2.29. The standard InChI is InChI=1S/C31H28FN7O3S/c32-24-16-22-26(37(20-9-10-20)18-23(28(22)40)30(41)42)17-27(24)36-14-12-35(13-15-36)19-38-31(43)39(21-6-2-1-3-7-21)29(34-38)25-8-4-5-11-33-25/h1-8,11,16-18,20H,9-10,12-15,19H2,(H,41,42). The molecular formula is C31H28FN7O3S. The molecule has 4 heterocycles. The lowest BCUT2D eigenvalue weighted by atomic mass is 10.1. The predicted octanol–water partition coefficient (Wildman–Crippen LogP) is 4.73. The number of fused-ring (bicyclic) bond motifs is 1. The third kappa shape index (κ3) is 5.02. The van der Waals surface area contributed by atoms with Crippen LogP contribution in [0.25, 0.3) is 28.1 Å². The molecule has 43 heavy (non-hydrogen) atoms. The van der Waals surface area contributed by atoms with Crippen LogP contribution in [0, 0.1) is 10.6 Å². The minimum absolute atomic E-state index is 0.0961. The number of carboxylic acid groups (broad SMARTS) is 1. The van der Waals surface area contributed by atoms with Gasteiger partial charge in [0, 0.05) is 50.0 Å². The van der Waals surface area contributed by atoms with Gasteiger partial charge in [-0.1, -0.05) is 24.3 Å². The predicted molar refractivity (Wildman–Crippen MR) is 163 cm³/mol. The highest BCUT2D eigenvalue weighted by molar-refractivity contribution is 7.71. The van der Waals surface area contributed by atoms with Gasteiger partial charge in [0.1, 0.15) is 17.1 Å². The number of carbonyl (C=O) groups is 1. The van der Waals surface area contributed by atoms with Gasteiger partial charge in [-0.05, 0) is 61.5 Å². The van der Waals surface area contributed by atoms with Crippen LogP contribution < -0.4 is 10.3 Å². The van der Waals surface area contributed by atoms with Crippen LogP contribution in [0.15, 0.2) is 77.9 Å². The number of halogens is 1. The van der Waals surface area contributed by atoms with Gasteiger partial charge in [-0.25, -0.2) is 13.9 Å². The monoisotopic (exact) mass is 597 g/mol. The van der Waals surface area contributed by atoms with Crippen molar-refractivity contribution in [2.75, 3.05) is 31.1 Å². The van der Waals surface area contributed by atoms with Crippen LogP contribution in [0.3, 0.4) is 0 Å². The van der Waals surface area contributed by atoms with E-state index in [0.717, 1.165) is 18.5 Å². The van der Waals surface area contributed by atoms with Crippen molar-refractivity contribution in [3.05, 3.63) is 99.4 Å². The van der Waals surface area contributed by atoms with Crippen LogP contribution in [0.4, 0.5) is 10.1 Å². The van der Waals surface area contributed by atoms with Crippen LogP contribution in [-0.2, 0) is 6.67 Å². The zero-order valence-corrected chi connectivity index (χ0v) is 24.0. The molecule has 3 aromatic heterocycles. The quantitative estimate of drug-likeness (QED) is 0.269. The van der Waals surface area contributed by atoms with E-state index in [1.54, 1.807) is 16.9 Å². The van der Waals surface area contributed by atoms with Crippen molar-refractivity contribution in [2.45, 2.75) is 25.6 Å². The lowest BCUT2D eigenvalue weighted by Gasteiger charge is -2.36. The lowest BCUT2D eigenvalue weighted by Crippen LogP contribution is -2.47. The number of hydrogen-bond acceptors (Lipinski definition) is 7. The van der Waals surface area contributed by atoms with Gasteiger partial charge in [0.15, 0.2) is 5.82 Å². The van der Waals surface area contributed by atoms with Crippen LogP contribution in [0.1, 0.15) is 29.2 Å². The van der Waals surface area contributed by atoms with Crippen molar-refractivity contribution < 1.29 is 14.3 Å². The Morgan fingerprint density at radius 1 is 1.02 bits per heavy atom. The van der Waals surface area contributed by atoms with E-state index in [0.29, 0.717) is 60.3 Å². The zero-order valence-electron chi connectivity index (χ0n) is 23.1. The molecule has 7 rings (SSSR count). The molecule has 0 unspecified atom stereocenters. The number of benzene rings is 2. The minimum atomic E-state index is -1.30. The van der Waals surface area contributed by atoms with Crippen molar-refractivity contribution >= 4 is 34.8 Å². The summed E-state index contributed by atoms with van der Waals surface area (Å²) >= 11 is 5.88. The molecular weight excluding hydrogens is 569 g/mol. The third-order valence-corrected chi connectivity index (χ3v) is 8.46. The van der Waals surface area contributed by atoms with Gasteiger partial charge in [-0.3, -0.25) is 19.2 Å². The van der Waals surface area contributed by atoms with Gasteiger partial charge >= 0.3 is 5.97 Å². The number of aromatic carboxylic acids is 1. The summed E-state index contributed by atoms with van der Waals surface area (Å²) in [5.74, 6) is -1.18. The van der Waals surface area contributed by atoms with E-state index in [-0.39, 0.29) is 17.0 Å². The van der Waals surface area contributed by atoms with Crippen molar-refractivity contribution in [3.63, 3.8) is 0 Å². The largest absolute Gasteiger partial charge is 0.477 e. The highest BCUT2D eigenvalue weighted by Crippen LogP contribution is 2.38. The summed E-state index contributed by atoms with van der Waals surface area (Å²) in [6.07, 6.45) is 4.93. The van der Waals surface area contributed by atoms with E-state index in [9.17, 15) is 14.7 Å². The second-order valence-corrected chi connectivity index (χ2v) is 11.2. The van der Waals surface area contributed by atoms with Crippen LogP contribution in [0.5, 0.6) is 0 Å². The van der Waals surface area contributed by atoms with Gasteiger partial charge in [-0.2, -0.15) is 0 Å². The Hall–Kier alpha value is -4.68. The Morgan fingerprint density at radius 3 is 2.44 bits per heavy atom. The first-order chi connectivity index (χ1) is 20.9. The Kier molecular flexibility index (Phi) is 6.86.